The lowest BCUT2D eigenvalue weighted by atomic mass is 10.3. The summed E-state index contributed by atoms with van der Waals surface area (Å²) in [7, 11) is 5.21. The highest BCUT2D eigenvalue weighted by molar-refractivity contribution is 5.41. The molecule has 1 aromatic carbocycles. The third-order valence-electron chi connectivity index (χ3n) is 2.41. The predicted molar refractivity (Wildman–Crippen MR) is 68.2 cm³/mol. The van der Waals surface area contributed by atoms with E-state index >= 15 is 0 Å². The molecule has 1 rings (SSSR count). The maximum atomic E-state index is 5.65. The van der Waals surface area contributed by atoms with Gasteiger partial charge in [-0.15, -0.1) is 0 Å². The van der Waals surface area contributed by atoms with E-state index in [4.69, 9.17) is 14.2 Å². The van der Waals surface area contributed by atoms with E-state index in [0.29, 0.717) is 6.61 Å². The molecular weight excluding hydrogens is 218 g/mol. The Kier molecular flexibility index (Phi) is 6.25. The zero-order chi connectivity index (χ0) is 12.5. The zero-order valence-corrected chi connectivity index (χ0v) is 10.8. The Morgan fingerprint density at radius 1 is 0.941 bits per heavy atom. The summed E-state index contributed by atoms with van der Waals surface area (Å²) in [6, 6.07) is 5.55. The van der Waals surface area contributed by atoms with Crippen molar-refractivity contribution in [3.63, 3.8) is 0 Å². The molecule has 4 heteroatoms. The quantitative estimate of drug-likeness (QED) is 0.705. The summed E-state index contributed by atoms with van der Waals surface area (Å²) in [5.41, 5.74) is 0. The van der Waals surface area contributed by atoms with Crippen molar-refractivity contribution in [1.29, 1.82) is 0 Å². The Labute approximate surface area is 103 Å². The molecule has 0 spiro atoms. The summed E-state index contributed by atoms with van der Waals surface area (Å²) in [4.78, 5) is 0. The second-order valence-electron chi connectivity index (χ2n) is 3.71. The van der Waals surface area contributed by atoms with Gasteiger partial charge in [0.25, 0.3) is 0 Å². The van der Waals surface area contributed by atoms with E-state index in [1.807, 2.05) is 25.2 Å². The molecule has 0 saturated carbocycles. The number of hydrogen-bond donors (Lipinski definition) is 1. The number of unbranched alkanes of at least 4 members (excludes halogenated alkanes) is 1. The van der Waals surface area contributed by atoms with Crippen molar-refractivity contribution in [3.05, 3.63) is 18.2 Å². The third-order valence-corrected chi connectivity index (χ3v) is 2.41. The lowest BCUT2D eigenvalue weighted by molar-refractivity contribution is 0.301. The van der Waals surface area contributed by atoms with Crippen LogP contribution in [0.4, 0.5) is 0 Å². The first-order valence-corrected chi connectivity index (χ1v) is 5.80. The predicted octanol–water partition coefficient (Wildman–Crippen LogP) is 2.08. The summed E-state index contributed by atoms with van der Waals surface area (Å²) < 4.78 is 16.0. The summed E-state index contributed by atoms with van der Waals surface area (Å²) in [6.45, 7) is 1.72. The summed E-state index contributed by atoms with van der Waals surface area (Å²) in [5, 5.41) is 3.11. The van der Waals surface area contributed by atoms with Gasteiger partial charge in [-0.1, -0.05) is 0 Å². The van der Waals surface area contributed by atoms with Crippen LogP contribution in [-0.4, -0.2) is 34.4 Å². The first-order chi connectivity index (χ1) is 8.30. The van der Waals surface area contributed by atoms with Gasteiger partial charge in [0.15, 0.2) is 0 Å². The number of benzene rings is 1. The highest BCUT2D eigenvalue weighted by atomic mass is 16.5. The molecule has 1 aromatic rings. The molecule has 1 N–H and O–H groups in total. The van der Waals surface area contributed by atoms with Crippen LogP contribution in [0.2, 0.25) is 0 Å². The van der Waals surface area contributed by atoms with Gasteiger partial charge in [0, 0.05) is 18.2 Å². The summed E-state index contributed by atoms with van der Waals surface area (Å²) in [5.74, 6) is 2.27. The van der Waals surface area contributed by atoms with Crippen LogP contribution in [0.5, 0.6) is 17.2 Å². The molecule has 0 heterocycles. The fourth-order valence-corrected chi connectivity index (χ4v) is 1.46. The molecule has 96 valence electrons. The van der Waals surface area contributed by atoms with Crippen LogP contribution in [0.1, 0.15) is 12.8 Å². The average molecular weight is 239 g/mol. The molecule has 0 fully saturated rings. The van der Waals surface area contributed by atoms with Gasteiger partial charge < -0.3 is 19.5 Å². The van der Waals surface area contributed by atoms with Crippen LogP contribution < -0.4 is 19.5 Å². The van der Waals surface area contributed by atoms with Crippen molar-refractivity contribution < 1.29 is 14.2 Å². The van der Waals surface area contributed by atoms with Crippen molar-refractivity contribution in [2.75, 3.05) is 34.4 Å². The fourth-order valence-electron chi connectivity index (χ4n) is 1.46. The lowest BCUT2D eigenvalue weighted by Crippen LogP contribution is -2.09. The Balaban J connectivity index is 2.46. The number of hydrogen-bond acceptors (Lipinski definition) is 4. The number of ether oxygens (including phenoxy) is 3. The molecule has 0 radical (unpaired) electrons. The van der Waals surface area contributed by atoms with Crippen molar-refractivity contribution in [2.45, 2.75) is 12.8 Å². The van der Waals surface area contributed by atoms with Crippen molar-refractivity contribution >= 4 is 0 Å². The van der Waals surface area contributed by atoms with Crippen molar-refractivity contribution in [2.24, 2.45) is 0 Å². The molecule has 0 bridgehead atoms. The van der Waals surface area contributed by atoms with Gasteiger partial charge in [0.2, 0.25) is 0 Å². The van der Waals surface area contributed by atoms with Gasteiger partial charge in [-0.2, -0.15) is 0 Å². The minimum Gasteiger partial charge on any atom is -0.496 e. The van der Waals surface area contributed by atoms with E-state index in [-0.39, 0.29) is 0 Å². The maximum Gasteiger partial charge on any atom is 0.126 e. The Morgan fingerprint density at radius 3 is 2.06 bits per heavy atom. The molecule has 0 aliphatic rings. The normalized spacial score (nSPS) is 10.1. The fraction of sp³-hybridized carbons (Fsp3) is 0.538. The molecule has 4 nitrogen and oxygen atoms in total. The molecule has 0 aliphatic heterocycles. The van der Waals surface area contributed by atoms with Crippen LogP contribution in [0.15, 0.2) is 18.2 Å². The molecule has 0 atom stereocenters. The second kappa shape index (κ2) is 7.79. The first kappa shape index (κ1) is 13.6. The van der Waals surface area contributed by atoms with Gasteiger partial charge in [-0.25, -0.2) is 0 Å². The van der Waals surface area contributed by atoms with Crippen LogP contribution in [0.25, 0.3) is 0 Å². The van der Waals surface area contributed by atoms with E-state index in [2.05, 4.69) is 5.32 Å². The Morgan fingerprint density at radius 2 is 1.53 bits per heavy atom. The molecule has 0 unspecified atom stereocenters. The van der Waals surface area contributed by atoms with Gasteiger partial charge in [0.05, 0.1) is 20.8 Å². The van der Waals surface area contributed by atoms with Crippen molar-refractivity contribution in [1.82, 2.24) is 5.32 Å². The average Bonchev–Trinajstić information content (AvgIpc) is 2.38. The topological polar surface area (TPSA) is 39.7 Å². The highest BCUT2D eigenvalue weighted by Gasteiger charge is 2.02. The summed E-state index contributed by atoms with van der Waals surface area (Å²) >= 11 is 0. The van der Waals surface area contributed by atoms with E-state index in [0.717, 1.165) is 36.6 Å². The van der Waals surface area contributed by atoms with Gasteiger partial charge in [-0.3, -0.25) is 0 Å². The molecule has 0 aliphatic carbocycles. The zero-order valence-electron chi connectivity index (χ0n) is 10.8. The van der Waals surface area contributed by atoms with Crippen molar-refractivity contribution in [3.8, 4) is 17.2 Å². The largest absolute Gasteiger partial charge is 0.496 e. The first-order valence-electron chi connectivity index (χ1n) is 5.80. The van der Waals surface area contributed by atoms with E-state index in [9.17, 15) is 0 Å². The number of methoxy groups -OCH3 is 2. The summed E-state index contributed by atoms with van der Waals surface area (Å²) in [6.07, 6.45) is 2.14. The standard InChI is InChI=1S/C13H21NO3/c1-14-6-4-5-7-17-13-9-11(15-2)8-12(10-13)16-3/h8-10,14H,4-7H2,1-3H3. The van der Waals surface area contributed by atoms with Gasteiger partial charge >= 0.3 is 0 Å². The Bertz CT molecular complexity index is 306. The van der Waals surface area contributed by atoms with E-state index in [1.54, 1.807) is 14.2 Å². The van der Waals surface area contributed by atoms with E-state index < -0.39 is 0 Å². The number of nitrogens with one attached hydrogen (secondary N) is 1. The molecular formula is C13H21NO3. The smallest absolute Gasteiger partial charge is 0.126 e. The molecule has 0 amide bonds. The van der Waals surface area contributed by atoms with Crippen LogP contribution in [-0.2, 0) is 0 Å². The van der Waals surface area contributed by atoms with Crippen LogP contribution >= 0.6 is 0 Å². The third kappa shape index (κ3) is 4.95. The molecule has 0 aromatic heterocycles. The highest BCUT2D eigenvalue weighted by Crippen LogP contribution is 2.27. The molecule has 17 heavy (non-hydrogen) atoms. The second-order valence-corrected chi connectivity index (χ2v) is 3.71. The lowest BCUT2D eigenvalue weighted by Gasteiger charge is -2.10. The van der Waals surface area contributed by atoms with Gasteiger partial charge in [0.1, 0.15) is 17.2 Å². The van der Waals surface area contributed by atoms with Crippen LogP contribution in [0.3, 0.4) is 0 Å². The number of rotatable bonds is 8. The minimum atomic E-state index is 0.706. The maximum absolute atomic E-state index is 5.65. The SMILES string of the molecule is CNCCCCOc1cc(OC)cc(OC)c1. The monoisotopic (exact) mass is 239 g/mol. The minimum absolute atomic E-state index is 0.706. The van der Waals surface area contributed by atoms with Crippen LogP contribution in [0, 0.1) is 0 Å². The van der Waals surface area contributed by atoms with Gasteiger partial charge in [-0.05, 0) is 26.4 Å². The molecule has 0 saturated heterocycles. The Hall–Kier alpha value is -1.42. The van der Waals surface area contributed by atoms with E-state index in [1.165, 1.54) is 0 Å².